The molecule has 0 bridgehead atoms. The van der Waals surface area contributed by atoms with Crippen molar-refractivity contribution in [2.75, 3.05) is 13.1 Å². The van der Waals surface area contributed by atoms with Crippen LogP contribution < -0.4 is 0 Å². The third-order valence-corrected chi connectivity index (χ3v) is 4.35. The fraction of sp³-hybridized carbons (Fsp3) is 0.583. The largest absolute Gasteiger partial charge is 0.372 e. The molecule has 2 atom stereocenters. The Morgan fingerprint density at radius 1 is 1.47 bits per heavy atom. The summed E-state index contributed by atoms with van der Waals surface area (Å²) < 4.78 is 6.70. The van der Waals surface area contributed by atoms with Crippen LogP contribution in [0, 0.1) is 0 Å². The zero-order chi connectivity index (χ0) is 12.4. The van der Waals surface area contributed by atoms with Gasteiger partial charge in [0.2, 0.25) is 5.91 Å². The lowest BCUT2D eigenvalue weighted by Gasteiger charge is -2.35. The van der Waals surface area contributed by atoms with Gasteiger partial charge >= 0.3 is 0 Å². The predicted octanol–water partition coefficient (Wildman–Crippen LogP) is 2.69. The van der Waals surface area contributed by atoms with Crippen LogP contribution in [0.3, 0.4) is 0 Å². The Bertz CT molecular complexity index is 397. The highest BCUT2D eigenvalue weighted by Crippen LogP contribution is 2.23. The Kier molecular flexibility index (Phi) is 4.22. The fourth-order valence-electron chi connectivity index (χ4n) is 2.09. The molecule has 3 nitrogen and oxygen atoms in total. The quantitative estimate of drug-likeness (QED) is 0.839. The first kappa shape index (κ1) is 13.1. The maximum absolute atomic E-state index is 12.1. The van der Waals surface area contributed by atoms with Gasteiger partial charge in [0.25, 0.3) is 0 Å². The number of rotatable bonds is 2. The zero-order valence-electron chi connectivity index (χ0n) is 9.98. The van der Waals surface area contributed by atoms with E-state index in [0.717, 1.165) is 8.66 Å². The van der Waals surface area contributed by atoms with Crippen LogP contribution in [0.2, 0.25) is 0 Å². The second-order valence-electron chi connectivity index (χ2n) is 4.44. The van der Waals surface area contributed by atoms with Gasteiger partial charge in [-0.3, -0.25) is 4.79 Å². The average Bonchev–Trinajstić information content (AvgIpc) is 2.62. The zero-order valence-corrected chi connectivity index (χ0v) is 12.4. The number of hydrogen-bond donors (Lipinski definition) is 0. The summed E-state index contributed by atoms with van der Waals surface area (Å²) in [6.45, 7) is 5.43. The van der Waals surface area contributed by atoms with E-state index in [1.54, 1.807) is 11.3 Å². The van der Waals surface area contributed by atoms with Crippen molar-refractivity contribution < 1.29 is 9.53 Å². The highest BCUT2D eigenvalue weighted by Gasteiger charge is 2.25. The van der Waals surface area contributed by atoms with E-state index in [0.29, 0.717) is 19.5 Å². The molecule has 94 valence electrons. The number of carbonyl (C=O) groups excluding carboxylic acids is 1. The Morgan fingerprint density at radius 2 is 2.12 bits per heavy atom. The van der Waals surface area contributed by atoms with E-state index < -0.39 is 0 Å². The van der Waals surface area contributed by atoms with Gasteiger partial charge in [0.05, 0.1) is 22.4 Å². The van der Waals surface area contributed by atoms with Crippen LogP contribution in [0.5, 0.6) is 0 Å². The summed E-state index contributed by atoms with van der Waals surface area (Å²) in [5.41, 5.74) is 0. The van der Waals surface area contributed by atoms with Crippen molar-refractivity contribution in [1.29, 1.82) is 0 Å². The number of thiophene rings is 1. The standard InChI is InChI=1S/C12H16BrNO2S/c1-8-6-14(7-9(2)16-8)12(15)5-10-3-4-11(13)17-10/h3-4,8-9H,5-7H2,1-2H3. The third kappa shape index (κ3) is 3.53. The van der Waals surface area contributed by atoms with Crippen LogP contribution >= 0.6 is 27.3 Å². The van der Waals surface area contributed by atoms with Crippen LogP contribution in [0.4, 0.5) is 0 Å². The molecule has 1 aromatic rings. The predicted molar refractivity (Wildman–Crippen MR) is 72.3 cm³/mol. The normalized spacial score (nSPS) is 25.0. The molecule has 2 heterocycles. The first-order chi connectivity index (χ1) is 8.04. The first-order valence-corrected chi connectivity index (χ1v) is 7.33. The van der Waals surface area contributed by atoms with E-state index in [4.69, 9.17) is 4.74 Å². The van der Waals surface area contributed by atoms with Gasteiger partial charge in [-0.25, -0.2) is 0 Å². The molecule has 1 aliphatic rings. The van der Waals surface area contributed by atoms with Crippen molar-refractivity contribution >= 4 is 33.2 Å². The average molecular weight is 318 g/mol. The van der Waals surface area contributed by atoms with Gasteiger partial charge in [-0.15, -0.1) is 11.3 Å². The number of halogens is 1. The lowest BCUT2D eigenvalue weighted by molar-refractivity contribution is -0.142. The van der Waals surface area contributed by atoms with Crippen molar-refractivity contribution in [1.82, 2.24) is 4.90 Å². The van der Waals surface area contributed by atoms with Gasteiger partial charge in [0.1, 0.15) is 0 Å². The number of morpholine rings is 1. The second-order valence-corrected chi connectivity index (χ2v) is 6.99. The Balaban J connectivity index is 1.95. The summed E-state index contributed by atoms with van der Waals surface area (Å²) in [6.07, 6.45) is 0.769. The summed E-state index contributed by atoms with van der Waals surface area (Å²) in [5.74, 6) is 0.196. The van der Waals surface area contributed by atoms with Crippen molar-refractivity contribution in [3.63, 3.8) is 0 Å². The summed E-state index contributed by atoms with van der Waals surface area (Å²) in [4.78, 5) is 15.1. The van der Waals surface area contributed by atoms with E-state index in [9.17, 15) is 4.79 Å². The molecule has 2 unspecified atom stereocenters. The summed E-state index contributed by atoms with van der Waals surface area (Å²) in [7, 11) is 0. The maximum Gasteiger partial charge on any atom is 0.228 e. The van der Waals surface area contributed by atoms with Gasteiger partial charge in [0, 0.05) is 18.0 Å². The van der Waals surface area contributed by atoms with Gasteiger partial charge in [0.15, 0.2) is 0 Å². The molecule has 0 aromatic carbocycles. The molecular formula is C12H16BrNO2S. The van der Waals surface area contributed by atoms with Crippen LogP contribution in [0.1, 0.15) is 18.7 Å². The SMILES string of the molecule is CC1CN(C(=O)Cc2ccc(Br)s2)CC(C)O1. The molecule has 17 heavy (non-hydrogen) atoms. The molecular weight excluding hydrogens is 302 g/mol. The van der Waals surface area contributed by atoms with Crippen molar-refractivity contribution in [3.8, 4) is 0 Å². The summed E-state index contributed by atoms with van der Waals surface area (Å²) in [6, 6.07) is 3.98. The van der Waals surface area contributed by atoms with Crippen LogP contribution in [0.15, 0.2) is 15.9 Å². The minimum Gasteiger partial charge on any atom is -0.372 e. The molecule has 0 aliphatic carbocycles. The highest BCUT2D eigenvalue weighted by molar-refractivity contribution is 9.11. The van der Waals surface area contributed by atoms with E-state index >= 15 is 0 Å². The fourth-order valence-corrected chi connectivity index (χ4v) is 3.56. The van der Waals surface area contributed by atoms with E-state index in [1.807, 2.05) is 30.9 Å². The number of nitrogens with zero attached hydrogens (tertiary/aromatic N) is 1. The van der Waals surface area contributed by atoms with Crippen molar-refractivity contribution in [2.45, 2.75) is 32.5 Å². The lowest BCUT2D eigenvalue weighted by Crippen LogP contribution is -2.48. The Hall–Kier alpha value is -0.390. The van der Waals surface area contributed by atoms with Crippen LogP contribution in [-0.2, 0) is 16.0 Å². The van der Waals surface area contributed by atoms with E-state index in [-0.39, 0.29) is 18.1 Å². The number of amides is 1. The van der Waals surface area contributed by atoms with Gasteiger partial charge in [-0.05, 0) is 41.9 Å². The number of hydrogen-bond acceptors (Lipinski definition) is 3. The van der Waals surface area contributed by atoms with Crippen LogP contribution in [-0.4, -0.2) is 36.1 Å². The summed E-state index contributed by atoms with van der Waals surface area (Å²) in [5, 5.41) is 0. The lowest BCUT2D eigenvalue weighted by atomic mass is 10.2. The van der Waals surface area contributed by atoms with Crippen LogP contribution in [0.25, 0.3) is 0 Å². The summed E-state index contributed by atoms with van der Waals surface area (Å²) >= 11 is 5.03. The van der Waals surface area contributed by atoms with Crippen molar-refractivity contribution in [2.24, 2.45) is 0 Å². The van der Waals surface area contributed by atoms with E-state index in [1.165, 1.54) is 0 Å². The molecule has 0 radical (unpaired) electrons. The Labute approximate surface area is 114 Å². The number of carbonyl (C=O) groups is 1. The Morgan fingerprint density at radius 3 is 2.65 bits per heavy atom. The van der Waals surface area contributed by atoms with Crippen molar-refractivity contribution in [3.05, 3.63) is 20.8 Å². The van der Waals surface area contributed by atoms with Gasteiger partial charge in [-0.2, -0.15) is 0 Å². The molecule has 5 heteroatoms. The van der Waals surface area contributed by atoms with E-state index in [2.05, 4.69) is 15.9 Å². The highest BCUT2D eigenvalue weighted by atomic mass is 79.9. The minimum absolute atomic E-state index is 0.137. The molecule has 1 saturated heterocycles. The molecule has 1 aliphatic heterocycles. The monoisotopic (exact) mass is 317 g/mol. The molecule has 0 spiro atoms. The minimum atomic E-state index is 0.137. The topological polar surface area (TPSA) is 29.5 Å². The molecule has 1 fully saturated rings. The number of ether oxygens (including phenoxy) is 1. The molecule has 1 aromatic heterocycles. The van der Waals surface area contributed by atoms with Gasteiger partial charge < -0.3 is 9.64 Å². The molecule has 2 rings (SSSR count). The maximum atomic E-state index is 12.1. The molecule has 0 N–H and O–H groups in total. The smallest absolute Gasteiger partial charge is 0.228 e. The first-order valence-electron chi connectivity index (χ1n) is 5.72. The second kappa shape index (κ2) is 5.50. The molecule has 1 amide bonds. The van der Waals surface area contributed by atoms with Gasteiger partial charge in [-0.1, -0.05) is 0 Å². The third-order valence-electron chi connectivity index (χ3n) is 2.73. The molecule has 0 saturated carbocycles.